The lowest BCUT2D eigenvalue weighted by Gasteiger charge is -2.18. The maximum atomic E-state index is 12.8. The molecule has 0 fully saturated rings. The van der Waals surface area contributed by atoms with E-state index >= 15 is 0 Å². The van der Waals surface area contributed by atoms with Gasteiger partial charge in [0, 0.05) is 20.6 Å². The monoisotopic (exact) mass is 463 g/mol. The molecule has 0 saturated heterocycles. The lowest BCUT2D eigenvalue weighted by molar-refractivity contribution is -0.138. The molecular weight excluding hydrogens is 430 g/mol. The van der Waals surface area contributed by atoms with E-state index in [1.807, 2.05) is 0 Å². The van der Waals surface area contributed by atoms with E-state index in [1.54, 1.807) is 19.0 Å². The third kappa shape index (κ3) is 7.19. The van der Waals surface area contributed by atoms with E-state index in [0.717, 1.165) is 25.7 Å². The number of nitrogens with one attached hydrogen (secondary N) is 3. The van der Waals surface area contributed by atoms with Gasteiger partial charge in [-0.15, -0.1) is 0 Å². The number of fused-ring (bicyclic) bond motifs is 1. The lowest BCUT2D eigenvalue weighted by Crippen LogP contribution is -2.38. The van der Waals surface area contributed by atoms with Crippen molar-refractivity contribution in [2.75, 3.05) is 37.6 Å². The molecule has 1 atom stereocenters. The van der Waals surface area contributed by atoms with Crippen molar-refractivity contribution in [1.29, 1.82) is 5.41 Å². The topological polar surface area (TPSA) is 184 Å². The van der Waals surface area contributed by atoms with Crippen LogP contribution in [0.25, 0.3) is 11.2 Å². The number of ether oxygens (including phenoxy) is 1. The number of imidazole rings is 1. The molecule has 0 unspecified atom stereocenters. The Morgan fingerprint density at radius 2 is 2.03 bits per heavy atom. The number of rotatable bonds is 14. The smallest absolute Gasteiger partial charge is 0.376 e. The van der Waals surface area contributed by atoms with Gasteiger partial charge in [-0.3, -0.25) is 5.41 Å². The molecule has 0 radical (unpaired) electrons. The Hall–Kier alpha value is -3.64. The van der Waals surface area contributed by atoms with Crippen LogP contribution in [0.1, 0.15) is 56.1 Å². The summed E-state index contributed by atoms with van der Waals surface area (Å²) in [6, 6.07) is -1.05. The summed E-state index contributed by atoms with van der Waals surface area (Å²) in [6.07, 6.45) is 5.75. The zero-order chi connectivity index (χ0) is 24.4. The van der Waals surface area contributed by atoms with E-state index in [2.05, 4.69) is 32.6 Å². The van der Waals surface area contributed by atoms with Crippen molar-refractivity contribution in [2.24, 2.45) is 5.73 Å². The van der Waals surface area contributed by atoms with E-state index in [0.29, 0.717) is 24.3 Å². The number of carboxylic acid groups (broad SMARTS) is 1. The van der Waals surface area contributed by atoms with Crippen LogP contribution in [-0.2, 0) is 9.53 Å². The number of carbonyl (C=O) groups is 2. The largest absolute Gasteiger partial charge is 0.480 e. The summed E-state index contributed by atoms with van der Waals surface area (Å²) in [6.45, 7) is 2.68. The molecule has 2 aromatic rings. The normalized spacial score (nSPS) is 11.7. The van der Waals surface area contributed by atoms with E-state index in [4.69, 9.17) is 15.9 Å². The van der Waals surface area contributed by atoms with Gasteiger partial charge in [0.15, 0.2) is 22.9 Å². The number of unbranched alkanes of at least 4 members (excludes halogenated alkanes) is 3. The second-order valence-corrected chi connectivity index (χ2v) is 7.73. The number of aliphatic carboxylic acids is 1. The SMILES string of the molecule is CCCCCCOC(=O)c1nc2c(N(C)C)ncnc2n1N[C@@H](CCCNC(=N)N)C(=O)O. The van der Waals surface area contributed by atoms with Gasteiger partial charge in [0.2, 0.25) is 5.82 Å². The van der Waals surface area contributed by atoms with Crippen LogP contribution in [0.3, 0.4) is 0 Å². The molecule has 0 saturated carbocycles. The predicted octanol–water partition coefficient (Wildman–Crippen LogP) is 0.889. The highest BCUT2D eigenvalue weighted by atomic mass is 16.5. The zero-order valence-electron chi connectivity index (χ0n) is 19.3. The van der Waals surface area contributed by atoms with Crippen LogP contribution in [-0.4, -0.2) is 75.9 Å². The minimum atomic E-state index is -1.11. The van der Waals surface area contributed by atoms with Gasteiger partial charge in [0.05, 0.1) is 6.61 Å². The first-order valence-electron chi connectivity index (χ1n) is 10.9. The Kier molecular flexibility index (Phi) is 9.63. The average Bonchev–Trinajstić information content (AvgIpc) is 3.13. The van der Waals surface area contributed by atoms with Crippen molar-refractivity contribution < 1.29 is 19.4 Å². The highest BCUT2D eigenvalue weighted by molar-refractivity contribution is 5.93. The molecule has 0 aromatic carbocycles. The molecule has 2 rings (SSSR count). The summed E-state index contributed by atoms with van der Waals surface area (Å²) in [7, 11) is 3.56. The molecule has 33 heavy (non-hydrogen) atoms. The van der Waals surface area contributed by atoms with Crippen molar-refractivity contribution in [3.63, 3.8) is 0 Å². The van der Waals surface area contributed by atoms with Crippen LogP contribution in [0.5, 0.6) is 0 Å². The predicted molar refractivity (Wildman–Crippen MR) is 124 cm³/mol. The fraction of sp³-hybridized carbons (Fsp3) is 0.600. The maximum Gasteiger partial charge on any atom is 0.376 e. The molecule has 0 aliphatic rings. The number of carboxylic acids is 1. The Morgan fingerprint density at radius 1 is 1.27 bits per heavy atom. The quantitative estimate of drug-likeness (QED) is 0.116. The molecule has 0 amide bonds. The number of nitrogens with zero attached hydrogens (tertiary/aromatic N) is 5. The number of hydrogen-bond donors (Lipinski definition) is 5. The molecule has 0 spiro atoms. The van der Waals surface area contributed by atoms with Crippen LogP contribution < -0.4 is 21.4 Å². The number of anilines is 1. The van der Waals surface area contributed by atoms with E-state index in [-0.39, 0.29) is 30.5 Å². The molecule has 2 heterocycles. The summed E-state index contributed by atoms with van der Waals surface area (Å²) >= 11 is 0. The fourth-order valence-corrected chi connectivity index (χ4v) is 3.15. The minimum Gasteiger partial charge on any atom is -0.480 e. The van der Waals surface area contributed by atoms with Gasteiger partial charge in [-0.2, -0.15) is 0 Å². The van der Waals surface area contributed by atoms with Gasteiger partial charge >= 0.3 is 11.9 Å². The van der Waals surface area contributed by atoms with Crippen molar-refractivity contribution in [1.82, 2.24) is 24.9 Å². The van der Waals surface area contributed by atoms with Crippen molar-refractivity contribution in [2.45, 2.75) is 51.5 Å². The maximum absolute atomic E-state index is 12.8. The van der Waals surface area contributed by atoms with Gasteiger partial charge in [0.1, 0.15) is 12.4 Å². The highest BCUT2D eigenvalue weighted by Crippen LogP contribution is 2.22. The molecule has 13 heteroatoms. The van der Waals surface area contributed by atoms with E-state index in [9.17, 15) is 14.7 Å². The van der Waals surface area contributed by atoms with Gasteiger partial charge in [-0.05, 0) is 19.3 Å². The fourth-order valence-electron chi connectivity index (χ4n) is 3.15. The van der Waals surface area contributed by atoms with Gasteiger partial charge in [-0.1, -0.05) is 26.2 Å². The third-order valence-electron chi connectivity index (χ3n) is 4.83. The van der Waals surface area contributed by atoms with Crippen LogP contribution in [0.15, 0.2) is 6.33 Å². The molecule has 0 aliphatic heterocycles. The Balaban J connectivity index is 2.31. The molecule has 13 nitrogen and oxygen atoms in total. The second-order valence-electron chi connectivity index (χ2n) is 7.73. The van der Waals surface area contributed by atoms with Crippen LogP contribution in [0.4, 0.5) is 5.82 Å². The number of carbonyl (C=O) groups excluding carboxylic acids is 1. The summed E-state index contributed by atoms with van der Waals surface area (Å²) in [4.78, 5) is 39.3. The number of guanidine groups is 1. The number of nitrogens with two attached hydrogens (primary N) is 1. The van der Waals surface area contributed by atoms with Gasteiger partial charge in [-0.25, -0.2) is 29.2 Å². The van der Waals surface area contributed by atoms with Crippen molar-refractivity contribution in [3.05, 3.63) is 12.2 Å². The first kappa shape index (κ1) is 25.6. The molecule has 0 aliphatic carbocycles. The van der Waals surface area contributed by atoms with Gasteiger partial charge < -0.3 is 31.2 Å². The van der Waals surface area contributed by atoms with Gasteiger partial charge in [0.25, 0.3) is 0 Å². The first-order valence-corrected chi connectivity index (χ1v) is 10.9. The zero-order valence-corrected chi connectivity index (χ0v) is 19.3. The number of aromatic nitrogens is 4. The standard InChI is InChI=1S/C20H33N9O4/c1-4-5-6-7-11-33-19(32)17-26-14-15(28(2)3)24-12-25-16(14)29(17)27-13(18(30)31)9-8-10-23-20(21)22/h12-13,27H,4-11H2,1-3H3,(H,30,31)(H4,21,22,23)/t13-/m0/s1. The minimum absolute atomic E-state index is 0.0998. The molecule has 182 valence electrons. The summed E-state index contributed by atoms with van der Waals surface area (Å²) < 4.78 is 6.65. The summed E-state index contributed by atoms with van der Waals surface area (Å²) in [5.41, 5.74) is 8.71. The van der Waals surface area contributed by atoms with Crippen molar-refractivity contribution >= 4 is 34.9 Å². The summed E-state index contributed by atoms with van der Waals surface area (Å²) in [5, 5.41) is 19.5. The second kappa shape index (κ2) is 12.4. The van der Waals surface area contributed by atoms with Crippen molar-refractivity contribution in [3.8, 4) is 0 Å². The Labute approximate surface area is 192 Å². The van der Waals surface area contributed by atoms with Crippen LogP contribution in [0, 0.1) is 5.41 Å². The Morgan fingerprint density at radius 3 is 2.67 bits per heavy atom. The highest BCUT2D eigenvalue weighted by Gasteiger charge is 2.26. The molecule has 2 aromatic heterocycles. The molecule has 0 bridgehead atoms. The Bertz CT molecular complexity index is 960. The van der Waals surface area contributed by atoms with E-state index < -0.39 is 18.0 Å². The number of esters is 1. The lowest BCUT2D eigenvalue weighted by atomic mass is 10.1. The third-order valence-corrected chi connectivity index (χ3v) is 4.83. The molecule has 6 N–H and O–H groups in total. The number of hydrogen-bond acceptors (Lipinski definition) is 9. The summed E-state index contributed by atoms with van der Waals surface area (Å²) in [5.74, 6) is -1.59. The van der Waals surface area contributed by atoms with E-state index in [1.165, 1.54) is 11.0 Å². The average molecular weight is 464 g/mol. The first-order chi connectivity index (χ1) is 15.8. The van der Waals surface area contributed by atoms with Crippen LogP contribution in [0.2, 0.25) is 0 Å². The van der Waals surface area contributed by atoms with Crippen LogP contribution >= 0.6 is 0 Å². The molecular formula is C20H33N9O4.